The summed E-state index contributed by atoms with van der Waals surface area (Å²) in [6.45, 7) is 9.78. The molecule has 0 aliphatic carbocycles. The van der Waals surface area contributed by atoms with Crippen LogP contribution in [-0.4, -0.2) is 37.1 Å². The van der Waals surface area contributed by atoms with E-state index in [1.165, 1.54) is 5.57 Å². The predicted octanol–water partition coefficient (Wildman–Crippen LogP) is 5.76. The molecule has 1 N–H and O–H groups in total. The standard InChI is InChI=1S/C23H35O6P/c1-7-16(3)29-30(6,26)13-9-8-10-15(2)11-12-18-21(24)20-19(14-28-23(20)25)17(4)22(18)27-5/h11,16,24H,7-10,12-14H2,1-6H3/b15-11+/t16-,30?/m0/s1. The average molecular weight is 439 g/mol. The van der Waals surface area contributed by atoms with Crippen LogP contribution in [0.4, 0.5) is 0 Å². The summed E-state index contributed by atoms with van der Waals surface area (Å²) < 4.78 is 28.7. The van der Waals surface area contributed by atoms with E-state index >= 15 is 0 Å². The normalized spacial score (nSPS) is 16.7. The number of cyclic esters (lactones) is 1. The molecule has 168 valence electrons. The van der Waals surface area contributed by atoms with Gasteiger partial charge in [-0.1, -0.05) is 18.6 Å². The first-order valence-electron chi connectivity index (χ1n) is 10.6. The Kier molecular flexibility index (Phi) is 8.57. The van der Waals surface area contributed by atoms with E-state index in [2.05, 4.69) is 0 Å². The van der Waals surface area contributed by atoms with Gasteiger partial charge in [0.05, 0.1) is 13.2 Å². The summed E-state index contributed by atoms with van der Waals surface area (Å²) in [5.74, 6) is 0.0645. The third-order valence-corrected chi connectivity index (χ3v) is 7.60. The van der Waals surface area contributed by atoms with Gasteiger partial charge in [0.25, 0.3) is 0 Å². The van der Waals surface area contributed by atoms with E-state index in [1.807, 2.05) is 33.8 Å². The highest BCUT2D eigenvalue weighted by atomic mass is 31.2. The van der Waals surface area contributed by atoms with Gasteiger partial charge in [-0.2, -0.15) is 0 Å². The van der Waals surface area contributed by atoms with Crippen LogP contribution in [0, 0.1) is 6.92 Å². The van der Waals surface area contributed by atoms with Gasteiger partial charge in [-0.3, -0.25) is 4.57 Å². The first kappa shape index (κ1) is 24.5. The number of hydrogen-bond donors (Lipinski definition) is 1. The molecule has 1 aromatic carbocycles. The predicted molar refractivity (Wildman–Crippen MR) is 119 cm³/mol. The molecule has 6 nitrogen and oxygen atoms in total. The van der Waals surface area contributed by atoms with Crippen molar-refractivity contribution in [1.29, 1.82) is 0 Å². The lowest BCUT2D eigenvalue weighted by Gasteiger charge is -2.18. The number of carbonyl (C=O) groups excluding carboxylic acids is 1. The van der Waals surface area contributed by atoms with Crippen molar-refractivity contribution in [3.63, 3.8) is 0 Å². The number of phenolic OH excluding ortho intramolecular Hbond substituents is 1. The monoisotopic (exact) mass is 438 g/mol. The summed E-state index contributed by atoms with van der Waals surface area (Å²) in [5, 5.41) is 10.7. The fraction of sp³-hybridized carbons (Fsp3) is 0.609. The highest BCUT2D eigenvalue weighted by Crippen LogP contribution is 2.45. The van der Waals surface area contributed by atoms with Crippen molar-refractivity contribution in [3.8, 4) is 11.5 Å². The van der Waals surface area contributed by atoms with Crippen LogP contribution in [0.5, 0.6) is 11.5 Å². The SMILES string of the molecule is CC[C@H](C)OP(C)(=O)CCCC/C(C)=C/Cc1c(O)c2c(c(C)c1OC)COC2=O. The third kappa shape index (κ3) is 5.89. The average Bonchev–Trinajstić information content (AvgIpc) is 3.08. The van der Waals surface area contributed by atoms with Gasteiger partial charge in [0.15, 0.2) is 7.37 Å². The first-order chi connectivity index (χ1) is 14.1. The molecule has 0 aromatic heterocycles. The number of allylic oxidation sites excluding steroid dienone is 2. The molecule has 30 heavy (non-hydrogen) atoms. The van der Waals surface area contributed by atoms with Crippen LogP contribution in [0.3, 0.4) is 0 Å². The number of methoxy groups -OCH3 is 1. The number of carbonyl (C=O) groups is 1. The maximum Gasteiger partial charge on any atom is 0.342 e. The summed E-state index contributed by atoms with van der Waals surface area (Å²) in [6.07, 6.45) is 6.62. The van der Waals surface area contributed by atoms with E-state index in [1.54, 1.807) is 13.8 Å². The second kappa shape index (κ2) is 10.5. The maximum atomic E-state index is 12.5. The van der Waals surface area contributed by atoms with Crippen molar-refractivity contribution in [3.05, 3.63) is 33.9 Å². The zero-order chi connectivity index (χ0) is 22.5. The maximum absolute atomic E-state index is 12.5. The highest BCUT2D eigenvalue weighted by Gasteiger charge is 2.31. The molecule has 0 saturated carbocycles. The Morgan fingerprint density at radius 1 is 1.37 bits per heavy atom. The smallest absolute Gasteiger partial charge is 0.342 e. The van der Waals surface area contributed by atoms with Crippen LogP contribution < -0.4 is 4.74 Å². The summed E-state index contributed by atoms with van der Waals surface area (Å²) in [6, 6.07) is 0. The Hall–Kier alpha value is -1.78. The topological polar surface area (TPSA) is 82.1 Å². The minimum absolute atomic E-state index is 0.0261. The Morgan fingerprint density at radius 2 is 2.07 bits per heavy atom. The van der Waals surface area contributed by atoms with Crippen LogP contribution in [0.1, 0.15) is 73.5 Å². The number of fused-ring (bicyclic) bond motifs is 1. The minimum atomic E-state index is -2.54. The van der Waals surface area contributed by atoms with Crippen molar-refractivity contribution in [2.75, 3.05) is 19.9 Å². The number of rotatable bonds is 11. The second-order valence-electron chi connectivity index (χ2n) is 8.19. The number of aromatic hydroxyl groups is 1. The number of unbranched alkanes of at least 4 members (excludes halogenated alkanes) is 1. The van der Waals surface area contributed by atoms with E-state index < -0.39 is 13.3 Å². The minimum Gasteiger partial charge on any atom is -0.507 e. The summed E-state index contributed by atoms with van der Waals surface area (Å²) in [7, 11) is -0.972. The Bertz CT molecular complexity index is 858. The summed E-state index contributed by atoms with van der Waals surface area (Å²) in [5.41, 5.74) is 3.56. The first-order valence-corrected chi connectivity index (χ1v) is 12.9. The van der Waals surface area contributed by atoms with Gasteiger partial charge < -0.3 is 19.1 Å². The van der Waals surface area contributed by atoms with Gasteiger partial charge in [0.2, 0.25) is 0 Å². The van der Waals surface area contributed by atoms with E-state index in [0.29, 0.717) is 29.5 Å². The van der Waals surface area contributed by atoms with Crippen LogP contribution in [-0.2, 0) is 26.9 Å². The molecular weight excluding hydrogens is 403 g/mol. The molecule has 2 rings (SSSR count). The van der Waals surface area contributed by atoms with Gasteiger partial charge in [0, 0.05) is 24.0 Å². The highest BCUT2D eigenvalue weighted by molar-refractivity contribution is 7.58. The number of benzene rings is 1. The second-order valence-corrected chi connectivity index (χ2v) is 10.9. The lowest BCUT2D eigenvalue weighted by Crippen LogP contribution is -2.06. The molecule has 0 spiro atoms. The zero-order valence-electron chi connectivity index (χ0n) is 19.0. The molecule has 0 bridgehead atoms. The Morgan fingerprint density at radius 3 is 2.70 bits per heavy atom. The van der Waals surface area contributed by atoms with Crippen molar-refractivity contribution >= 4 is 13.3 Å². The van der Waals surface area contributed by atoms with Crippen molar-refractivity contribution in [2.24, 2.45) is 0 Å². The number of hydrogen-bond acceptors (Lipinski definition) is 6. The largest absolute Gasteiger partial charge is 0.507 e. The molecule has 1 aliphatic heterocycles. The fourth-order valence-corrected chi connectivity index (χ4v) is 5.53. The molecule has 7 heteroatoms. The molecule has 1 heterocycles. The van der Waals surface area contributed by atoms with E-state index in [9.17, 15) is 14.5 Å². The quantitative estimate of drug-likeness (QED) is 0.205. The van der Waals surface area contributed by atoms with Crippen molar-refractivity contribution in [2.45, 2.75) is 72.5 Å². The summed E-state index contributed by atoms with van der Waals surface area (Å²) in [4.78, 5) is 12.0. The molecule has 1 unspecified atom stereocenters. The molecule has 1 aliphatic rings. The summed E-state index contributed by atoms with van der Waals surface area (Å²) >= 11 is 0. The lowest BCUT2D eigenvalue weighted by molar-refractivity contribution is 0.0533. The van der Waals surface area contributed by atoms with E-state index in [0.717, 1.165) is 31.2 Å². The molecular formula is C23H35O6P. The number of phenols is 1. The molecule has 2 atom stereocenters. The number of esters is 1. The van der Waals surface area contributed by atoms with Gasteiger partial charge in [0.1, 0.15) is 23.7 Å². The van der Waals surface area contributed by atoms with E-state index in [4.69, 9.17) is 14.0 Å². The van der Waals surface area contributed by atoms with Gasteiger partial charge >= 0.3 is 5.97 Å². The van der Waals surface area contributed by atoms with Crippen LogP contribution in [0.15, 0.2) is 11.6 Å². The van der Waals surface area contributed by atoms with Gasteiger partial charge in [-0.25, -0.2) is 4.79 Å². The fourth-order valence-electron chi connectivity index (χ4n) is 3.72. The molecule has 1 aromatic rings. The van der Waals surface area contributed by atoms with Crippen LogP contribution >= 0.6 is 7.37 Å². The Labute approximate surface area is 180 Å². The van der Waals surface area contributed by atoms with Gasteiger partial charge in [-0.05, 0) is 58.4 Å². The number of ether oxygens (including phenoxy) is 2. The van der Waals surface area contributed by atoms with Crippen LogP contribution in [0.25, 0.3) is 0 Å². The molecule has 0 amide bonds. The van der Waals surface area contributed by atoms with E-state index in [-0.39, 0.29) is 24.0 Å². The zero-order valence-corrected chi connectivity index (χ0v) is 19.9. The van der Waals surface area contributed by atoms with Crippen LogP contribution in [0.2, 0.25) is 0 Å². The van der Waals surface area contributed by atoms with Gasteiger partial charge in [-0.15, -0.1) is 0 Å². The van der Waals surface area contributed by atoms with Crippen molar-refractivity contribution < 1.29 is 28.5 Å². The van der Waals surface area contributed by atoms with Crippen molar-refractivity contribution in [1.82, 2.24) is 0 Å². The lowest BCUT2D eigenvalue weighted by atomic mass is 9.94. The Balaban J connectivity index is 1.99. The molecule has 0 fully saturated rings. The molecule has 0 radical (unpaired) electrons. The third-order valence-electron chi connectivity index (χ3n) is 5.67. The molecule has 0 saturated heterocycles.